The number of aromatic hydroxyl groups is 1. The second kappa shape index (κ2) is 10.0. The molecular formula is C30H38FN3O7. The summed E-state index contributed by atoms with van der Waals surface area (Å²) in [5.74, 6) is -8.77. The van der Waals surface area contributed by atoms with Crippen LogP contribution in [0.5, 0.6) is 5.75 Å². The maximum Gasteiger partial charge on any atom is 0.187 e. The number of nitrogens with two attached hydrogens (primary N) is 1. The highest BCUT2D eigenvalue weighted by atomic mass is 19.1. The largest absolute Gasteiger partial charge is 0.507 e. The Bertz CT molecular complexity index is 1330. The number of nitrogens with zero attached hydrogens (tertiary/aromatic N) is 2. The van der Waals surface area contributed by atoms with E-state index in [0.29, 0.717) is 11.5 Å². The van der Waals surface area contributed by atoms with Crippen LogP contribution in [0, 0.1) is 35.4 Å². The molecule has 8 unspecified atom stereocenters. The lowest BCUT2D eigenvalue weighted by Crippen LogP contribution is -2.74. The number of hydrogen-bond donors (Lipinski definition) is 3. The highest BCUT2D eigenvalue weighted by molar-refractivity contribution is 6.27. The maximum atomic E-state index is 16.3. The van der Waals surface area contributed by atoms with Crippen molar-refractivity contribution in [1.82, 2.24) is 9.80 Å². The minimum Gasteiger partial charge on any atom is -0.507 e. The monoisotopic (exact) mass is 571 g/mol. The molecule has 5 aliphatic rings. The molecule has 1 aliphatic heterocycles. The van der Waals surface area contributed by atoms with Crippen LogP contribution in [0.2, 0.25) is 0 Å². The van der Waals surface area contributed by atoms with Crippen LogP contribution in [0.25, 0.3) is 0 Å². The van der Waals surface area contributed by atoms with Gasteiger partial charge in [0.1, 0.15) is 23.7 Å². The molecule has 0 amide bonds. The molecule has 11 heteroatoms. The van der Waals surface area contributed by atoms with E-state index in [1.54, 1.807) is 14.1 Å². The number of carbonyl (C=O) groups excluding carboxylic acids is 4. The van der Waals surface area contributed by atoms with Crippen molar-refractivity contribution in [3.05, 3.63) is 28.6 Å². The molecule has 6 rings (SSSR count). The number of Topliss-reactive ketones (excluding diaryl/α,β-unsaturated/α-hetero) is 4. The third-order valence-corrected chi connectivity index (χ3v) is 10.3. The SMILES string of the molecule is COC(N)C1C(=O)C(N(C)C)C2CC3Cc4c(F)c(C5CCCN5CC5CC5)cc(O)c4C(=O)C3C(=O)C2(O)C1=O. The van der Waals surface area contributed by atoms with Crippen LogP contribution in [-0.2, 0) is 25.5 Å². The first-order chi connectivity index (χ1) is 19.4. The lowest BCUT2D eigenvalue weighted by Gasteiger charge is -2.53. The first-order valence-corrected chi connectivity index (χ1v) is 14.5. The zero-order valence-corrected chi connectivity index (χ0v) is 23.6. The fourth-order valence-electron chi connectivity index (χ4n) is 8.15. The van der Waals surface area contributed by atoms with Gasteiger partial charge < -0.3 is 20.7 Å². The zero-order chi connectivity index (χ0) is 29.5. The Labute approximate surface area is 238 Å². The van der Waals surface area contributed by atoms with E-state index < -0.39 is 76.2 Å². The highest BCUT2D eigenvalue weighted by Crippen LogP contribution is 2.52. The maximum absolute atomic E-state index is 16.3. The number of halogens is 1. The molecule has 4 fully saturated rings. The Kier molecular flexibility index (Phi) is 6.97. The number of benzene rings is 1. The summed E-state index contributed by atoms with van der Waals surface area (Å²) >= 11 is 0. The molecule has 4 aliphatic carbocycles. The van der Waals surface area contributed by atoms with Gasteiger partial charge in [0, 0.05) is 36.7 Å². The molecule has 41 heavy (non-hydrogen) atoms. The standard InChI is InChI=1S/C30H38FN3O7/c1-33(2)24-17-10-14-9-16-21(19(35)11-15(23(16)31)18-5-4-8-34(18)12-13-6-7-13)25(36)20(14)27(38)30(17,40)28(39)22(26(24)37)29(32)41-3/h11,13-14,17-18,20,22,24,29,35,40H,4-10,12,32H2,1-3H3. The van der Waals surface area contributed by atoms with Gasteiger partial charge in [-0.2, -0.15) is 0 Å². The Balaban J connectivity index is 1.40. The molecule has 0 bridgehead atoms. The van der Waals surface area contributed by atoms with Gasteiger partial charge in [-0.25, -0.2) is 4.39 Å². The van der Waals surface area contributed by atoms with Gasteiger partial charge in [0.15, 0.2) is 28.7 Å². The average molecular weight is 572 g/mol. The fourth-order valence-corrected chi connectivity index (χ4v) is 8.15. The van der Waals surface area contributed by atoms with Crippen LogP contribution < -0.4 is 5.73 Å². The van der Waals surface area contributed by atoms with Crippen molar-refractivity contribution in [3.8, 4) is 5.75 Å². The first-order valence-electron chi connectivity index (χ1n) is 14.5. The lowest BCUT2D eigenvalue weighted by molar-refractivity contribution is -0.184. The van der Waals surface area contributed by atoms with E-state index >= 15 is 4.39 Å². The minimum absolute atomic E-state index is 0.0316. The van der Waals surface area contributed by atoms with Gasteiger partial charge in [0.2, 0.25) is 0 Å². The zero-order valence-electron chi connectivity index (χ0n) is 23.6. The second-order valence-corrected chi connectivity index (χ2v) is 12.9. The molecule has 1 aromatic carbocycles. The van der Waals surface area contributed by atoms with Crippen LogP contribution in [-0.4, -0.2) is 95.3 Å². The molecule has 0 radical (unpaired) electrons. The minimum atomic E-state index is -2.65. The van der Waals surface area contributed by atoms with E-state index in [9.17, 15) is 29.4 Å². The molecule has 3 saturated carbocycles. The summed E-state index contributed by atoms with van der Waals surface area (Å²) in [5, 5.41) is 22.9. The Hall–Kier alpha value is -2.57. The lowest BCUT2D eigenvalue weighted by atomic mass is 9.52. The highest BCUT2D eigenvalue weighted by Gasteiger charge is 2.69. The molecule has 1 saturated heterocycles. The van der Waals surface area contributed by atoms with E-state index in [1.165, 1.54) is 18.1 Å². The number of likely N-dealkylation sites (N-methyl/N-ethyl adjacent to an activating group) is 1. The molecular weight excluding hydrogens is 533 g/mol. The van der Waals surface area contributed by atoms with Crippen molar-refractivity contribution in [1.29, 1.82) is 0 Å². The smallest absolute Gasteiger partial charge is 0.187 e. The Morgan fingerprint density at radius 2 is 1.90 bits per heavy atom. The third kappa shape index (κ3) is 4.15. The van der Waals surface area contributed by atoms with Gasteiger partial charge in [-0.05, 0) is 77.1 Å². The number of ether oxygens (including phenoxy) is 1. The normalized spacial score (nSPS) is 36.4. The number of fused-ring (bicyclic) bond motifs is 3. The van der Waals surface area contributed by atoms with Crippen LogP contribution >= 0.6 is 0 Å². The average Bonchev–Trinajstić information content (AvgIpc) is 3.62. The molecule has 8 atom stereocenters. The van der Waals surface area contributed by atoms with E-state index in [1.807, 2.05) is 0 Å². The summed E-state index contributed by atoms with van der Waals surface area (Å²) in [6.07, 6.45) is 2.53. The van der Waals surface area contributed by atoms with Crippen molar-refractivity contribution in [2.45, 2.75) is 62.4 Å². The Morgan fingerprint density at radius 3 is 2.54 bits per heavy atom. The van der Waals surface area contributed by atoms with Crippen molar-refractivity contribution < 1.29 is 38.5 Å². The molecule has 222 valence electrons. The number of carbonyl (C=O) groups is 4. The number of rotatable bonds is 6. The number of phenols is 1. The van der Waals surface area contributed by atoms with Crippen molar-refractivity contribution in [2.75, 3.05) is 34.3 Å². The number of methoxy groups -OCH3 is 1. The number of aliphatic hydroxyl groups is 1. The Morgan fingerprint density at radius 1 is 1.20 bits per heavy atom. The predicted molar refractivity (Wildman–Crippen MR) is 143 cm³/mol. The van der Waals surface area contributed by atoms with E-state index in [-0.39, 0.29) is 30.0 Å². The van der Waals surface area contributed by atoms with E-state index in [0.717, 1.165) is 38.8 Å². The van der Waals surface area contributed by atoms with Gasteiger partial charge in [0.25, 0.3) is 0 Å². The fraction of sp³-hybridized carbons (Fsp3) is 0.667. The number of phenolic OH excluding ortho intramolecular Hbond substituents is 1. The third-order valence-electron chi connectivity index (χ3n) is 10.3. The number of hydrogen-bond acceptors (Lipinski definition) is 10. The predicted octanol–water partition coefficient (Wildman–Crippen LogP) is 0.999. The quantitative estimate of drug-likeness (QED) is 0.333. The molecule has 1 aromatic rings. The number of ketones is 4. The topological polar surface area (TPSA) is 150 Å². The van der Waals surface area contributed by atoms with Crippen molar-refractivity contribution in [2.24, 2.45) is 35.3 Å². The molecule has 1 heterocycles. The van der Waals surface area contributed by atoms with Gasteiger partial charge >= 0.3 is 0 Å². The summed E-state index contributed by atoms with van der Waals surface area (Å²) in [4.78, 5) is 58.8. The van der Waals surface area contributed by atoms with Crippen LogP contribution in [0.3, 0.4) is 0 Å². The summed E-state index contributed by atoms with van der Waals surface area (Å²) < 4.78 is 21.3. The van der Waals surface area contributed by atoms with Gasteiger partial charge in [0.05, 0.1) is 17.5 Å². The summed E-state index contributed by atoms with van der Waals surface area (Å²) in [6, 6.07) is 0.0588. The van der Waals surface area contributed by atoms with Gasteiger partial charge in [-0.1, -0.05) is 0 Å². The molecule has 0 aromatic heterocycles. The van der Waals surface area contributed by atoms with Crippen molar-refractivity contribution >= 4 is 23.1 Å². The summed E-state index contributed by atoms with van der Waals surface area (Å²) in [6.45, 7) is 1.72. The number of likely N-dealkylation sites (tertiary alicyclic amines) is 1. The van der Waals surface area contributed by atoms with Crippen LogP contribution in [0.4, 0.5) is 4.39 Å². The summed E-state index contributed by atoms with van der Waals surface area (Å²) in [7, 11) is 4.42. The summed E-state index contributed by atoms with van der Waals surface area (Å²) in [5.41, 5.74) is 3.44. The van der Waals surface area contributed by atoms with E-state index in [2.05, 4.69) is 4.90 Å². The van der Waals surface area contributed by atoms with Crippen LogP contribution in [0.1, 0.15) is 59.6 Å². The first kappa shape index (κ1) is 28.5. The second-order valence-electron chi connectivity index (χ2n) is 12.9. The van der Waals surface area contributed by atoms with Gasteiger partial charge in [-0.15, -0.1) is 0 Å². The van der Waals surface area contributed by atoms with E-state index in [4.69, 9.17) is 10.5 Å². The van der Waals surface area contributed by atoms with Gasteiger partial charge in [-0.3, -0.25) is 29.0 Å². The molecule has 10 nitrogen and oxygen atoms in total. The molecule has 4 N–H and O–H groups in total. The van der Waals surface area contributed by atoms with Crippen molar-refractivity contribution in [3.63, 3.8) is 0 Å². The molecule has 0 spiro atoms. The van der Waals surface area contributed by atoms with Crippen LogP contribution in [0.15, 0.2) is 6.07 Å².